The molecule has 1 aromatic carbocycles. The van der Waals surface area contributed by atoms with Gasteiger partial charge in [0.1, 0.15) is 0 Å². The molecule has 1 nitrogen and oxygen atoms in total. The van der Waals surface area contributed by atoms with Crippen LogP contribution in [0.4, 0.5) is 0 Å². The minimum atomic E-state index is 0.480. The van der Waals surface area contributed by atoms with Crippen LogP contribution < -0.4 is 5.32 Å². The third-order valence-corrected chi connectivity index (χ3v) is 6.17. The number of thioether (sulfide) groups is 1. The lowest BCUT2D eigenvalue weighted by molar-refractivity contribution is 0.394. The molecule has 0 radical (unpaired) electrons. The molecule has 1 aromatic rings. The Balaban J connectivity index is 1.90. The van der Waals surface area contributed by atoms with Gasteiger partial charge < -0.3 is 5.32 Å². The molecular weight excluding hydrogens is 274 g/mol. The maximum atomic E-state index is 3.50. The standard InChI is InChI=1S/C19H31NS/c1-14(2)16-8-10-17(11-9-16)19(20-4)13-21-18-7-5-6-15(3)12-18/h8-11,14-15,18-20H,5-7,12-13H2,1-4H3. The summed E-state index contributed by atoms with van der Waals surface area (Å²) in [5.41, 5.74) is 2.86. The Kier molecular flexibility index (Phi) is 6.63. The highest BCUT2D eigenvalue weighted by Crippen LogP contribution is 2.34. The summed E-state index contributed by atoms with van der Waals surface area (Å²) in [6.07, 6.45) is 5.68. The van der Waals surface area contributed by atoms with Gasteiger partial charge in [-0.25, -0.2) is 0 Å². The summed E-state index contributed by atoms with van der Waals surface area (Å²) < 4.78 is 0. The molecule has 1 fully saturated rings. The monoisotopic (exact) mass is 305 g/mol. The zero-order valence-corrected chi connectivity index (χ0v) is 14.9. The van der Waals surface area contributed by atoms with Crippen LogP contribution in [0.2, 0.25) is 0 Å². The van der Waals surface area contributed by atoms with E-state index >= 15 is 0 Å². The summed E-state index contributed by atoms with van der Waals surface area (Å²) in [6, 6.07) is 9.67. The van der Waals surface area contributed by atoms with E-state index in [1.54, 1.807) is 0 Å². The van der Waals surface area contributed by atoms with E-state index in [4.69, 9.17) is 0 Å². The van der Waals surface area contributed by atoms with Crippen molar-refractivity contribution in [3.05, 3.63) is 35.4 Å². The van der Waals surface area contributed by atoms with Crippen molar-refractivity contribution < 1.29 is 0 Å². The largest absolute Gasteiger partial charge is 0.312 e. The maximum Gasteiger partial charge on any atom is 0.0409 e. The molecular formula is C19H31NS. The molecule has 2 heteroatoms. The van der Waals surface area contributed by atoms with Crippen LogP contribution in [0.15, 0.2) is 24.3 Å². The third kappa shape index (κ3) is 5.03. The van der Waals surface area contributed by atoms with E-state index in [0.717, 1.165) is 11.2 Å². The normalized spacial score (nSPS) is 24.2. The second-order valence-electron chi connectivity index (χ2n) is 6.89. The lowest BCUT2D eigenvalue weighted by atomic mass is 9.91. The zero-order valence-electron chi connectivity index (χ0n) is 14.1. The smallest absolute Gasteiger partial charge is 0.0409 e. The van der Waals surface area contributed by atoms with E-state index in [2.05, 4.69) is 69.2 Å². The van der Waals surface area contributed by atoms with Gasteiger partial charge in [0.15, 0.2) is 0 Å². The van der Waals surface area contributed by atoms with Gasteiger partial charge in [0.05, 0.1) is 0 Å². The van der Waals surface area contributed by atoms with Gasteiger partial charge in [-0.1, -0.05) is 57.9 Å². The van der Waals surface area contributed by atoms with Crippen molar-refractivity contribution in [1.29, 1.82) is 0 Å². The van der Waals surface area contributed by atoms with Crippen molar-refractivity contribution >= 4 is 11.8 Å². The number of hydrogen-bond acceptors (Lipinski definition) is 2. The minimum absolute atomic E-state index is 0.480. The SMILES string of the molecule is CNC(CSC1CCCC(C)C1)c1ccc(C(C)C)cc1. The van der Waals surface area contributed by atoms with Crippen molar-refractivity contribution in [1.82, 2.24) is 5.32 Å². The first-order valence-electron chi connectivity index (χ1n) is 8.49. The van der Waals surface area contributed by atoms with E-state index in [1.807, 2.05) is 0 Å². The van der Waals surface area contributed by atoms with Gasteiger partial charge in [0.25, 0.3) is 0 Å². The van der Waals surface area contributed by atoms with Crippen molar-refractivity contribution in [3.63, 3.8) is 0 Å². The third-order valence-electron chi connectivity index (χ3n) is 4.74. The van der Waals surface area contributed by atoms with Crippen LogP contribution >= 0.6 is 11.8 Å². The number of rotatable bonds is 6. The Hall–Kier alpha value is -0.470. The predicted octanol–water partition coefficient (Wildman–Crippen LogP) is 5.38. The van der Waals surface area contributed by atoms with Crippen LogP contribution in [0.25, 0.3) is 0 Å². The highest BCUT2D eigenvalue weighted by molar-refractivity contribution is 7.99. The van der Waals surface area contributed by atoms with Crippen LogP contribution in [0.3, 0.4) is 0 Å². The summed E-state index contributed by atoms with van der Waals surface area (Å²) in [4.78, 5) is 0. The highest BCUT2D eigenvalue weighted by atomic mass is 32.2. The van der Waals surface area contributed by atoms with Gasteiger partial charge in [-0.15, -0.1) is 0 Å². The fourth-order valence-electron chi connectivity index (χ4n) is 3.22. The summed E-state index contributed by atoms with van der Waals surface area (Å²) >= 11 is 2.18. The number of hydrogen-bond donors (Lipinski definition) is 1. The molecule has 2 rings (SSSR count). The Morgan fingerprint density at radius 3 is 2.38 bits per heavy atom. The molecule has 0 aromatic heterocycles. The van der Waals surface area contributed by atoms with E-state index in [1.165, 1.54) is 42.6 Å². The van der Waals surface area contributed by atoms with Crippen LogP contribution in [-0.2, 0) is 0 Å². The molecule has 21 heavy (non-hydrogen) atoms. The summed E-state index contributed by atoms with van der Waals surface area (Å²) in [5, 5.41) is 4.37. The van der Waals surface area contributed by atoms with E-state index in [9.17, 15) is 0 Å². The quantitative estimate of drug-likeness (QED) is 0.757. The van der Waals surface area contributed by atoms with Crippen LogP contribution in [0.5, 0.6) is 0 Å². The number of benzene rings is 1. The molecule has 3 atom stereocenters. The van der Waals surface area contributed by atoms with Crippen LogP contribution in [0.1, 0.15) is 69.5 Å². The second kappa shape index (κ2) is 8.24. The first-order valence-corrected chi connectivity index (χ1v) is 9.53. The Morgan fingerprint density at radius 1 is 1.14 bits per heavy atom. The average Bonchev–Trinajstić information content (AvgIpc) is 2.48. The first-order chi connectivity index (χ1) is 10.1. The number of nitrogens with one attached hydrogen (secondary N) is 1. The molecule has 1 aliphatic carbocycles. The molecule has 118 valence electrons. The minimum Gasteiger partial charge on any atom is -0.312 e. The average molecular weight is 306 g/mol. The van der Waals surface area contributed by atoms with Crippen molar-refractivity contribution in [2.45, 2.75) is 63.7 Å². The fourth-order valence-corrected chi connectivity index (χ4v) is 4.84. The second-order valence-corrected chi connectivity index (χ2v) is 8.22. The summed E-state index contributed by atoms with van der Waals surface area (Å²) in [6.45, 7) is 6.92. The van der Waals surface area contributed by atoms with Gasteiger partial charge in [-0.3, -0.25) is 0 Å². The Morgan fingerprint density at radius 2 is 1.81 bits per heavy atom. The summed E-state index contributed by atoms with van der Waals surface area (Å²) in [5.74, 6) is 2.73. The maximum absolute atomic E-state index is 3.50. The van der Waals surface area contributed by atoms with Crippen molar-refractivity contribution in [2.24, 2.45) is 5.92 Å². The summed E-state index contributed by atoms with van der Waals surface area (Å²) in [7, 11) is 2.09. The molecule has 1 N–H and O–H groups in total. The molecule has 0 bridgehead atoms. The molecule has 0 spiro atoms. The Bertz CT molecular complexity index is 412. The molecule has 3 unspecified atom stereocenters. The van der Waals surface area contributed by atoms with E-state index in [0.29, 0.717) is 12.0 Å². The van der Waals surface area contributed by atoms with E-state index < -0.39 is 0 Å². The first kappa shape index (κ1) is 16.9. The zero-order chi connectivity index (χ0) is 15.2. The van der Waals surface area contributed by atoms with Gasteiger partial charge in [0.2, 0.25) is 0 Å². The van der Waals surface area contributed by atoms with Crippen molar-refractivity contribution in [3.8, 4) is 0 Å². The highest BCUT2D eigenvalue weighted by Gasteiger charge is 2.20. The van der Waals surface area contributed by atoms with Gasteiger partial charge in [-0.05, 0) is 42.9 Å². The van der Waals surface area contributed by atoms with E-state index in [-0.39, 0.29) is 0 Å². The molecule has 1 saturated carbocycles. The van der Waals surface area contributed by atoms with Gasteiger partial charge in [-0.2, -0.15) is 11.8 Å². The predicted molar refractivity (Wildman–Crippen MR) is 96.2 cm³/mol. The van der Waals surface area contributed by atoms with Gasteiger partial charge >= 0.3 is 0 Å². The topological polar surface area (TPSA) is 12.0 Å². The molecule has 0 amide bonds. The lowest BCUT2D eigenvalue weighted by Crippen LogP contribution is -2.22. The van der Waals surface area contributed by atoms with Crippen LogP contribution in [0, 0.1) is 5.92 Å². The molecule has 1 aliphatic rings. The Labute approximate surface area is 135 Å². The van der Waals surface area contributed by atoms with Crippen LogP contribution in [-0.4, -0.2) is 18.1 Å². The van der Waals surface area contributed by atoms with Crippen molar-refractivity contribution in [2.75, 3.05) is 12.8 Å². The molecule has 0 saturated heterocycles. The molecule has 0 heterocycles. The molecule has 0 aliphatic heterocycles. The fraction of sp³-hybridized carbons (Fsp3) is 0.684. The lowest BCUT2D eigenvalue weighted by Gasteiger charge is -2.28. The van der Waals surface area contributed by atoms with Gasteiger partial charge in [0, 0.05) is 17.0 Å².